The van der Waals surface area contributed by atoms with E-state index in [0.29, 0.717) is 35.7 Å². The number of hydrogen-bond acceptors (Lipinski definition) is 6. The molecule has 0 radical (unpaired) electrons. The number of nitriles is 1. The molecule has 3 atom stereocenters. The number of nitrogens with one attached hydrogen (secondary N) is 1. The maximum absolute atomic E-state index is 13.2. The van der Waals surface area contributed by atoms with Crippen molar-refractivity contribution < 1.29 is 19.0 Å². The molecule has 144 valence electrons. The van der Waals surface area contributed by atoms with Crippen LogP contribution in [0.25, 0.3) is 0 Å². The molecule has 2 aliphatic heterocycles. The van der Waals surface area contributed by atoms with Gasteiger partial charge in [0, 0.05) is 24.3 Å². The first-order valence-corrected chi connectivity index (χ1v) is 9.52. The van der Waals surface area contributed by atoms with Crippen LogP contribution in [0.15, 0.2) is 59.9 Å². The van der Waals surface area contributed by atoms with Crippen LogP contribution in [-0.4, -0.2) is 18.5 Å². The maximum atomic E-state index is 13.2. The van der Waals surface area contributed by atoms with Gasteiger partial charge in [0.15, 0.2) is 17.3 Å². The molecular formula is C23H18N2O4. The molecule has 0 fully saturated rings. The Morgan fingerprint density at radius 3 is 2.59 bits per heavy atom. The number of carbonyl (C=O) groups excluding carboxylic acids is 1. The van der Waals surface area contributed by atoms with Gasteiger partial charge in [0.2, 0.25) is 12.7 Å². The monoisotopic (exact) mass is 386 g/mol. The van der Waals surface area contributed by atoms with Crippen LogP contribution >= 0.6 is 0 Å². The van der Waals surface area contributed by atoms with Crippen molar-refractivity contribution in [3.8, 4) is 17.6 Å². The van der Waals surface area contributed by atoms with Gasteiger partial charge in [-0.3, -0.25) is 10.2 Å². The Morgan fingerprint density at radius 2 is 1.79 bits per heavy atom. The van der Waals surface area contributed by atoms with Gasteiger partial charge in [0.1, 0.15) is 11.7 Å². The summed E-state index contributed by atoms with van der Waals surface area (Å²) in [5, 5.41) is 18.0. The zero-order chi connectivity index (χ0) is 20.0. The van der Waals surface area contributed by atoms with Gasteiger partial charge in [-0.2, -0.15) is 5.26 Å². The highest BCUT2D eigenvalue weighted by Gasteiger charge is 2.44. The number of hydrogen-bond donors (Lipinski definition) is 1. The summed E-state index contributed by atoms with van der Waals surface area (Å²) in [6.07, 6.45) is 0.894. The third kappa shape index (κ3) is 2.87. The van der Waals surface area contributed by atoms with E-state index in [0.717, 1.165) is 11.1 Å². The fourth-order valence-electron chi connectivity index (χ4n) is 4.41. The normalized spacial score (nSPS) is 25.3. The third-order valence-corrected chi connectivity index (χ3v) is 5.79. The van der Waals surface area contributed by atoms with Crippen LogP contribution in [0.1, 0.15) is 35.8 Å². The topological polar surface area (TPSA) is 92.4 Å². The fraction of sp³-hybridized carbons (Fsp3) is 0.261. The SMILES string of the molecule is N#CC1C(=N)OC2=C(C(=O)CC(c3ccccc3)C2)C1c1ccc2c(c1)OCO2. The lowest BCUT2D eigenvalue weighted by atomic mass is 9.71. The lowest BCUT2D eigenvalue weighted by Gasteiger charge is -2.36. The van der Waals surface area contributed by atoms with Crippen LogP contribution in [0.5, 0.6) is 11.5 Å². The molecule has 29 heavy (non-hydrogen) atoms. The smallest absolute Gasteiger partial charge is 0.231 e. The average Bonchev–Trinajstić information content (AvgIpc) is 3.21. The van der Waals surface area contributed by atoms with Gasteiger partial charge < -0.3 is 14.2 Å². The van der Waals surface area contributed by atoms with Gasteiger partial charge in [-0.1, -0.05) is 36.4 Å². The fourth-order valence-corrected chi connectivity index (χ4v) is 4.41. The van der Waals surface area contributed by atoms with Gasteiger partial charge in [-0.15, -0.1) is 0 Å². The van der Waals surface area contributed by atoms with E-state index in [1.54, 1.807) is 12.1 Å². The first-order chi connectivity index (χ1) is 14.2. The zero-order valence-electron chi connectivity index (χ0n) is 15.6. The van der Waals surface area contributed by atoms with Crippen molar-refractivity contribution in [1.29, 1.82) is 10.7 Å². The molecule has 0 saturated heterocycles. The molecule has 0 saturated carbocycles. The Bertz CT molecular complexity index is 1080. The molecule has 0 bridgehead atoms. The van der Waals surface area contributed by atoms with Crippen LogP contribution < -0.4 is 9.47 Å². The summed E-state index contributed by atoms with van der Waals surface area (Å²) < 4.78 is 16.6. The lowest BCUT2D eigenvalue weighted by molar-refractivity contribution is -0.117. The highest BCUT2D eigenvalue weighted by molar-refractivity contribution is 6.02. The summed E-state index contributed by atoms with van der Waals surface area (Å²) in [5.74, 6) is 0.190. The van der Waals surface area contributed by atoms with E-state index < -0.39 is 11.8 Å². The van der Waals surface area contributed by atoms with Crippen molar-refractivity contribution >= 4 is 11.7 Å². The van der Waals surface area contributed by atoms with Gasteiger partial charge >= 0.3 is 0 Å². The number of rotatable bonds is 2. The Hall–Kier alpha value is -3.59. The molecule has 0 aromatic heterocycles. The second kappa shape index (κ2) is 6.78. The molecular weight excluding hydrogens is 368 g/mol. The number of carbonyl (C=O) groups is 1. The molecule has 2 aromatic rings. The Balaban J connectivity index is 1.59. The van der Waals surface area contributed by atoms with E-state index in [1.807, 2.05) is 36.4 Å². The second-order valence-electron chi connectivity index (χ2n) is 7.44. The van der Waals surface area contributed by atoms with E-state index in [4.69, 9.17) is 19.6 Å². The third-order valence-electron chi connectivity index (χ3n) is 5.79. The average molecular weight is 386 g/mol. The molecule has 6 nitrogen and oxygen atoms in total. The Labute approximate surface area is 167 Å². The first-order valence-electron chi connectivity index (χ1n) is 9.52. The zero-order valence-corrected chi connectivity index (χ0v) is 15.6. The highest BCUT2D eigenvalue weighted by atomic mass is 16.7. The molecule has 3 unspecified atom stereocenters. The summed E-state index contributed by atoms with van der Waals surface area (Å²) >= 11 is 0. The summed E-state index contributed by atoms with van der Waals surface area (Å²) in [6, 6.07) is 17.4. The maximum Gasteiger partial charge on any atom is 0.231 e. The van der Waals surface area contributed by atoms with E-state index in [2.05, 4.69) is 6.07 Å². The first kappa shape index (κ1) is 17.5. The van der Waals surface area contributed by atoms with Crippen LogP contribution in [0.2, 0.25) is 0 Å². The second-order valence-corrected chi connectivity index (χ2v) is 7.44. The Morgan fingerprint density at radius 1 is 1.00 bits per heavy atom. The molecule has 6 heteroatoms. The van der Waals surface area contributed by atoms with Crippen LogP contribution in [0.4, 0.5) is 0 Å². The summed E-state index contributed by atoms with van der Waals surface area (Å²) in [5.41, 5.74) is 2.34. The van der Waals surface area contributed by atoms with Crippen LogP contribution in [0.3, 0.4) is 0 Å². The van der Waals surface area contributed by atoms with Gasteiger partial charge in [0.25, 0.3) is 0 Å². The van der Waals surface area contributed by atoms with Crippen molar-refractivity contribution in [2.24, 2.45) is 5.92 Å². The minimum Gasteiger partial charge on any atom is -0.454 e. The van der Waals surface area contributed by atoms with Gasteiger partial charge in [-0.05, 0) is 29.2 Å². The number of allylic oxidation sites excluding steroid dienone is 2. The molecule has 1 aliphatic carbocycles. The molecule has 2 aromatic carbocycles. The van der Waals surface area contributed by atoms with E-state index in [1.165, 1.54) is 0 Å². The van der Waals surface area contributed by atoms with E-state index in [9.17, 15) is 10.1 Å². The largest absolute Gasteiger partial charge is 0.454 e. The number of ether oxygens (including phenoxy) is 3. The molecule has 2 heterocycles. The van der Waals surface area contributed by atoms with E-state index in [-0.39, 0.29) is 24.4 Å². The summed E-state index contributed by atoms with van der Waals surface area (Å²) in [7, 11) is 0. The molecule has 3 aliphatic rings. The lowest BCUT2D eigenvalue weighted by Crippen LogP contribution is -2.36. The number of Topliss-reactive ketones (excluding diaryl/α,β-unsaturated/α-hetero) is 1. The van der Waals surface area contributed by atoms with Crippen molar-refractivity contribution in [3.63, 3.8) is 0 Å². The molecule has 5 rings (SSSR count). The minimum atomic E-state index is -0.855. The number of benzene rings is 2. The van der Waals surface area contributed by atoms with Crippen LogP contribution in [0, 0.1) is 22.7 Å². The van der Waals surface area contributed by atoms with Gasteiger partial charge in [-0.25, -0.2) is 0 Å². The minimum absolute atomic E-state index is 0.00582. The molecule has 1 N–H and O–H groups in total. The number of ketones is 1. The van der Waals surface area contributed by atoms with E-state index >= 15 is 0 Å². The standard InChI is InChI=1S/C23H18N2O4/c24-11-16-21(14-6-7-18-19(9-14)28-12-27-18)22-17(26)8-15(10-20(22)29-23(16)25)13-4-2-1-3-5-13/h1-7,9,15-16,21,25H,8,10,12H2. The predicted octanol–water partition coefficient (Wildman–Crippen LogP) is 4.05. The van der Waals surface area contributed by atoms with Crippen molar-refractivity contribution in [2.45, 2.75) is 24.7 Å². The van der Waals surface area contributed by atoms with Crippen molar-refractivity contribution in [1.82, 2.24) is 0 Å². The summed E-state index contributed by atoms with van der Waals surface area (Å²) in [4.78, 5) is 13.2. The van der Waals surface area contributed by atoms with Crippen LogP contribution in [-0.2, 0) is 9.53 Å². The highest BCUT2D eigenvalue weighted by Crippen LogP contribution is 2.48. The van der Waals surface area contributed by atoms with Crippen molar-refractivity contribution in [3.05, 3.63) is 71.0 Å². The molecule has 0 spiro atoms. The number of fused-ring (bicyclic) bond motifs is 1. The van der Waals surface area contributed by atoms with Crippen molar-refractivity contribution in [2.75, 3.05) is 6.79 Å². The summed E-state index contributed by atoms with van der Waals surface area (Å²) in [6.45, 7) is 0.149. The predicted molar refractivity (Wildman–Crippen MR) is 104 cm³/mol. The van der Waals surface area contributed by atoms with Gasteiger partial charge in [0.05, 0.1) is 6.07 Å². The number of nitrogens with zero attached hydrogens (tertiary/aromatic N) is 1. The Kier molecular flexibility index (Phi) is 4.09. The quantitative estimate of drug-likeness (QED) is 0.841. The molecule has 0 amide bonds.